The van der Waals surface area contributed by atoms with Crippen LogP contribution in [-0.4, -0.2) is 38.6 Å². The average molecular weight is 257 g/mol. The van der Waals surface area contributed by atoms with Gasteiger partial charge in [-0.3, -0.25) is 0 Å². The Kier molecular flexibility index (Phi) is 4.68. The first-order chi connectivity index (χ1) is 7.81. The summed E-state index contributed by atoms with van der Waals surface area (Å²) in [6, 6.07) is 9.30. The highest BCUT2D eigenvalue weighted by molar-refractivity contribution is 7.90. The van der Waals surface area contributed by atoms with Crippen LogP contribution in [0.15, 0.2) is 30.3 Å². The summed E-state index contributed by atoms with van der Waals surface area (Å²) in [6.45, 7) is 2.38. The van der Waals surface area contributed by atoms with E-state index in [-0.39, 0.29) is 5.75 Å². The largest absolute Gasteiger partial charge is 0.384 e. The second kappa shape index (κ2) is 5.62. The maximum Gasteiger partial charge on any atom is 0.148 e. The van der Waals surface area contributed by atoms with E-state index in [2.05, 4.69) is 5.32 Å². The van der Waals surface area contributed by atoms with E-state index in [0.717, 1.165) is 5.56 Å². The monoisotopic (exact) mass is 257 g/mol. The van der Waals surface area contributed by atoms with Gasteiger partial charge in [0.15, 0.2) is 0 Å². The SMILES string of the molecule is CC(O)(CNCCS(C)(=O)=O)c1ccccc1. The van der Waals surface area contributed by atoms with Crippen LogP contribution in [0.1, 0.15) is 12.5 Å². The minimum absolute atomic E-state index is 0.0812. The highest BCUT2D eigenvalue weighted by Crippen LogP contribution is 2.18. The second-order valence-corrected chi connectivity index (χ2v) is 6.71. The molecule has 0 spiro atoms. The molecule has 0 aliphatic heterocycles. The number of nitrogens with one attached hydrogen (secondary N) is 1. The summed E-state index contributed by atoms with van der Waals surface area (Å²) in [7, 11) is -2.95. The Balaban J connectivity index is 2.46. The molecule has 0 aliphatic rings. The highest BCUT2D eigenvalue weighted by Gasteiger charge is 2.21. The average Bonchev–Trinajstić information content (AvgIpc) is 2.25. The molecule has 0 bridgehead atoms. The Bertz CT molecular complexity index is 440. The first-order valence-corrected chi connectivity index (χ1v) is 7.54. The van der Waals surface area contributed by atoms with Crippen molar-refractivity contribution >= 4 is 9.84 Å². The number of hydrogen-bond donors (Lipinski definition) is 2. The smallest absolute Gasteiger partial charge is 0.148 e. The quantitative estimate of drug-likeness (QED) is 0.730. The molecule has 1 aromatic rings. The Morgan fingerprint density at radius 2 is 1.88 bits per heavy atom. The molecule has 0 saturated heterocycles. The van der Waals surface area contributed by atoms with E-state index >= 15 is 0 Å². The maximum atomic E-state index is 10.9. The van der Waals surface area contributed by atoms with Crippen LogP contribution in [0.25, 0.3) is 0 Å². The molecule has 1 unspecified atom stereocenters. The van der Waals surface area contributed by atoms with Gasteiger partial charge in [0.05, 0.1) is 11.4 Å². The van der Waals surface area contributed by atoms with Gasteiger partial charge in [0.25, 0.3) is 0 Å². The lowest BCUT2D eigenvalue weighted by molar-refractivity contribution is 0.0576. The van der Waals surface area contributed by atoms with E-state index in [0.29, 0.717) is 13.1 Å². The summed E-state index contributed by atoms with van der Waals surface area (Å²) in [5, 5.41) is 13.2. The van der Waals surface area contributed by atoms with Crippen LogP contribution in [0.2, 0.25) is 0 Å². The van der Waals surface area contributed by atoms with Crippen molar-refractivity contribution in [1.29, 1.82) is 0 Å². The van der Waals surface area contributed by atoms with E-state index in [9.17, 15) is 13.5 Å². The van der Waals surface area contributed by atoms with Crippen LogP contribution >= 0.6 is 0 Å². The molecule has 1 aromatic carbocycles. The van der Waals surface area contributed by atoms with Gasteiger partial charge < -0.3 is 10.4 Å². The van der Waals surface area contributed by atoms with E-state index in [1.807, 2.05) is 30.3 Å². The van der Waals surface area contributed by atoms with Gasteiger partial charge in [-0.25, -0.2) is 8.42 Å². The third kappa shape index (κ3) is 5.30. The van der Waals surface area contributed by atoms with Crippen molar-refractivity contribution in [2.75, 3.05) is 25.1 Å². The fourth-order valence-electron chi connectivity index (χ4n) is 1.49. The van der Waals surface area contributed by atoms with Crippen molar-refractivity contribution in [3.05, 3.63) is 35.9 Å². The molecule has 4 nitrogen and oxygen atoms in total. The fourth-order valence-corrected chi connectivity index (χ4v) is 2.00. The fraction of sp³-hybridized carbons (Fsp3) is 0.500. The zero-order chi connectivity index (χ0) is 12.9. The van der Waals surface area contributed by atoms with Crippen molar-refractivity contribution in [1.82, 2.24) is 5.32 Å². The summed E-state index contributed by atoms with van der Waals surface area (Å²) in [5.74, 6) is 0.0812. The second-order valence-electron chi connectivity index (χ2n) is 4.45. The van der Waals surface area contributed by atoms with E-state index in [1.54, 1.807) is 6.92 Å². The summed E-state index contributed by atoms with van der Waals surface area (Å²) < 4.78 is 21.8. The van der Waals surface area contributed by atoms with Crippen LogP contribution in [0, 0.1) is 0 Å². The molecular weight excluding hydrogens is 238 g/mol. The highest BCUT2D eigenvalue weighted by atomic mass is 32.2. The van der Waals surface area contributed by atoms with Gasteiger partial charge in [-0.1, -0.05) is 30.3 Å². The summed E-state index contributed by atoms with van der Waals surface area (Å²) in [5.41, 5.74) is -0.175. The molecular formula is C12H19NO3S. The Morgan fingerprint density at radius 3 is 2.41 bits per heavy atom. The lowest BCUT2D eigenvalue weighted by Crippen LogP contribution is -2.37. The van der Waals surface area contributed by atoms with Gasteiger partial charge in [-0.2, -0.15) is 0 Å². The molecule has 0 amide bonds. The van der Waals surface area contributed by atoms with E-state index < -0.39 is 15.4 Å². The predicted octanol–water partition coefficient (Wildman–Crippen LogP) is 0.528. The van der Waals surface area contributed by atoms with Crippen LogP contribution in [0.4, 0.5) is 0 Å². The predicted molar refractivity (Wildman–Crippen MR) is 68.6 cm³/mol. The van der Waals surface area contributed by atoms with Gasteiger partial charge in [-0.15, -0.1) is 0 Å². The Morgan fingerprint density at radius 1 is 1.29 bits per heavy atom. The molecule has 0 fully saturated rings. The third-order valence-electron chi connectivity index (χ3n) is 2.51. The number of rotatable bonds is 6. The van der Waals surface area contributed by atoms with Gasteiger partial charge in [-0.05, 0) is 12.5 Å². The normalized spacial score (nSPS) is 15.5. The van der Waals surface area contributed by atoms with Crippen LogP contribution in [0.3, 0.4) is 0 Å². The molecule has 0 radical (unpaired) electrons. The van der Waals surface area contributed by atoms with Crippen LogP contribution in [0.5, 0.6) is 0 Å². The first-order valence-electron chi connectivity index (χ1n) is 5.48. The van der Waals surface area contributed by atoms with Crippen molar-refractivity contribution in [2.45, 2.75) is 12.5 Å². The van der Waals surface area contributed by atoms with Crippen molar-refractivity contribution in [3.8, 4) is 0 Å². The van der Waals surface area contributed by atoms with E-state index in [4.69, 9.17) is 0 Å². The Hall–Kier alpha value is -0.910. The molecule has 0 heterocycles. The van der Waals surface area contributed by atoms with Gasteiger partial charge >= 0.3 is 0 Å². The zero-order valence-corrected chi connectivity index (χ0v) is 11.0. The lowest BCUT2D eigenvalue weighted by atomic mass is 9.96. The third-order valence-corrected chi connectivity index (χ3v) is 3.46. The summed E-state index contributed by atoms with van der Waals surface area (Å²) in [6.07, 6.45) is 1.20. The zero-order valence-electron chi connectivity index (χ0n) is 10.2. The molecule has 1 rings (SSSR count). The van der Waals surface area contributed by atoms with E-state index in [1.165, 1.54) is 6.26 Å². The topological polar surface area (TPSA) is 66.4 Å². The minimum atomic E-state index is -2.95. The molecule has 0 aromatic heterocycles. The maximum absolute atomic E-state index is 10.9. The first kappa shape index (κ1) is 14.2. The van der Waals surface area contributed by atoms with Gasteiger partial charge in [0.2, 0.25) is 0 Å². The van der Waals surface area contributed by atoms with Crippen molar-refractivity contribution in [3.63, 3.8) is 0 Å². The van der Waals surface area contributed by atoms with Crippen LogP contribution < -0.4 is 5.32 Å². The van der Waals surface area contributed by atoms with Gasteiger partial charge in [0, 0.05) is 19.3 Å². The Labute approximate surface area is 103 Å². The number of benzene rings is 1. The molecule has 0 aliphatic carbocycles. The lowest BCUT2D eigenvalue weighted by Gasteiger charge is -2.24. The molecule has 5 heteroatoms. The molecule has 2 N–H and O–H groups in total. The summed E-state index contributed by atoms with van der Waals surface area (Å²) >= 11 is 0. The number of aliphatic hydroxyl groups is 1. The van der Waals surface area contributed by atoms with Gasteiger partial charge in [0.1, 0.15) is 9.84 Å². The van der Waals surface area contributed by atoms with Crippen molar-refractivity contribution < 1.29 is 13.5 Å². The molecule has 17 heavy (non-hydrogen) atoms. The van der Waals surface area contributed by atoms with Crippen molar-refractivity contribution in [2.24, 2.45) is 0 Å². The molecule has 0 saturated carbocycles. The molecule has 96 valence electrons. The van der Waals surface area contributed by atoms with Crippen LogP contribution in [-0.2, 0) is 15.4 Å². The molecule has 1 atom stereocenters. The number of hydrogen-bond acceptors (Lipinski definition) is 4. The standard InChI is InChI=1S/C12H19NO3S/c1-12(14,11-6-4-3-5-7-11)10-13-8-9-17(2,15)16/h3-7,13-14H,8-10H2,1-2H3. The minimum Gasteiger partial charge on any atom is -0.384 e. The number of sulfone groups is 1. The summed E-state index contributed by atoms with van der Waals surface area (Å²) in [4.78, 5) is 0.